The molecule has 2 rings (SSSR count). The van der Waals surface area contributed by atoms with Crippen LogP contribution in [0.15, 0.2) is 53.9 Å². The van der Waals surface area contributed by atoms with E-state index in [0.717, 1.165) is 11.3 Å². The highest BCUT2D eigenvalue weighted by Crippen LogP contribution is 2.15. The fourth-order valence-electron chi connectivity index (χ4n) is 2.00. The van der Waals surface area contributed by atoms with Gasteiger partial charge in [0.05, 0.1) is 18.1 Å². The number of oxime groups is 1. The number of pyridine rings is 1. The van der Waals surface area contributed by atoms with E-state index in [0.29, 0.717) is 18.7 Å². The molecule has 0 radical (unpaired) electrons. The van der Waals surface area contributed by atoms with Gasteiger partial charge in [-0.05, 0) is 43.7 Å². The van der Waals surface area contributed by atoms with Crippen molar-refractivity contribution >= 4 is 17.8 Å². The van der Waals surface area contributed by atoms with Crippen LogP contribution in [0.4, 0.5) is 5.69 Å². The lowest BCUT2D eigenvalue weighted by Gasteiger charge is -2.20. The van der Waals surface area contributed by atoms with Gasteiger partial charge in [-0.3, -0.25) is 9.78 Å². The summed E-state index contributed by atoms with van der Waals surface area (Å²) in [5, 5.41) is 3.80. The maximum absolute atomic E-state index is 12.6. The highest BCUT2D eigenvalue weighted by atomic mass is 16.6. The van der Waals surface area contributed by atoms with Gasteiger partial charge in [0.15, 0.2) is 0 Å². The molecule has 0 fully saturated rings. The Morgan fingerprint density at radius 2 is 2.05 bits per heavy atom. The van der Waals surface area contributed by atoms with Gasteiger partial charge in [0.2, 0.25) is 0 Å². The minimum atomic E-state index is -0.0520. The number of rotatable bonds is 6. The molecule has 0 aliphatic rings. The molecular weight excluding hydrogens is 278 g/mol. The molecule has 2 aromatic rings. The first-order chi connectivity index (χ1) is 10.8. The minimum absolute atomic E-state index is 0.0520. The molecular formula is C17H19N3O2. The summed E-state index contributed by atoms with van der Waals surface area (Å²) in [4.78, 5) is 23.3. The van der Waals surface area contributed by atoms with E-state index in [1.807, 2.05) is 38.1 Å². The van der Waals surface area contributed by atoms with E-state index < -0.39 is 0 Å². The summed E-state index contributed by atoms with van der Waals surface area (Å²) in [5.74, 6) is -0.0520. The number of hydrogen-bond donors (Lipinski definition) is 0. The second-order valence-corrected chi connectivity index (χ2v) is 4.53. The first-order valence-corrected chi connectivity index (χ1v) is 7.23. The fourth-order valence-corrected chi connectivity index (χ4v) is 2.00. The summed E-state index contributed by atoms with van der Waals surface area (Å²) < 4.78 is 0. The molecule has 0 N–H and O–H groups in total. The SMILES string of the molecule is CCON=Cc1ccc(C(=O)N(CC)c2cccnc2)cc1. The molecule has 1 heterocycles. The van der Waals surface area contributed by atoms with Crippen LogP contribution < -0.4 is 4.90 Å². The molecule has 0 unspecified atom stereocenters. The summed E-state index contributed by atoms with van der Waals surface area (Å²) in [6.07, 6.45) is 5.00. The van der Waals surface area contributed by atoms with Crippen molar-refractivity contribution in [3.63, 3.8) is 0 Å². The third-order valence-electron chi connectivity index (χ3n) is 3.08. The zero-order chi connectivity index (χ0) is 15.8. The Labute approximate surface area is 130 Å². The van der Waals surface area contributed by atoms with Crippen molar-refractivity contribution in [3.8, 4) is 0 Å². The molecule has 1 aromatic heterocycles. The molecule has 0 saturated carbocycles. The van der Waals surface area contributed by atoms with E-state index in [-0.39, 0.29) is 5.91 Å². The summed E-state index contributed by atoms with van der Waals surface area (Å²) in [5.41, 5.74) is 2.30. The van der Waals surface area contributed by atoms with Crippen LogP contribution in [0.3, 0.4) is 0 Å². The molecule has 5 nitrogen and oxygen atoms in total. The predicted molar refractivity (Wildman–Crippen MR) is 87.2 cm³/mol. The van der Waals surface area contributed by atoms with Crippen molar-refractivity contribution in [2.24, 2.45) is 5.16 Å². The Hall–Kier alpha value is -2.69. The molecule has 0 bridgehead atoms. The van der Waals surface area contributed by atoms with Crippen molar-refractivity contribution in [1.82, 2.24) is 4.98 Å². The summed E-state index contributed by atoms with van der Waals surface area (Å²) in [6.45, 7) is 4.92. The zero-order valence-electron chi connectivity index (χ0n) is 12.8. The predicted octanol–water partition coefficient (Wildman–Crippen LogP) is 3.12. The summed E-state index contributed by atoms with van der Waals surface area (Å²) >= 11 is 0. The lowest BCUT2D eigenvalue weighted by atomic mass is 10.1. The fraction of sp³-hybridized carbons (Fsp3) is 0.235. The first kappa shape index (κ1) is 15.7. The molecule has 0 atom stereocenters. The Kier molecular flexibility index (Phi) is 5.65. The Bertz CT molecular complexity index is 624. The Morgan fingerprint density at radius 1 is 1.27 bits per heavy atom. The molecule has 114 valence electrons. The van der Waals surface area contributed by atoms with Crippen LogP contribution in [-0.4, -0.2) is 30.3 Å². The smallest absolute Gasteiger partial charge is 0.258 e. The Morgan fingerprint density at radius 3 is 2.64 bits per heavy atom. The largest absolute Gasteiger partial charge is 0.396 e. The molecule has 0 aliphatic heterocycles. The van der Waals surface area contributed by atoms with Crippen molar-refractivity contribution in [1.29, 1.82) is 0 Å². The number of aromatic nitrogens is 1. The molecule has 0 spiro atoms. The van der Waals surface area contributed by atoms with Crippen molar-refractivity contribution in [2.45, 2.75) is 13.8 Å². The van der Waals surface area contributed by atoms with Crippen LogP contribution in [0.2, 0.25) is 0 Å². The number of benzene rings is 1. The normalized spacial score (nSPS) is 10.6. The average Bonchev–Trinajstić information content (AvgIpc) is 2.57. The lowest BCUT2D eigenvalue weighted by molar-refractivity contribution is 0.0988. The Balaban J connectivity index is 2.14. The van der Waals surface area contributed by atoms with Crippen LogP contribution >= 0.6 is 0 Å². The lowest BCUT2D eigenvalue weighted by Crippen LogP contribution is -2.30. The van der Waals surface area contributed by atoms with E-state index in [4.69, 9.17) is 4.84 Å². The van der Waals surface area contributed by atoms with Gasteiger partial charge in [-0.2, -0.15) is 0 Å². The molecule has 22 heavy (non-hydrogen) atoms. The molecule has 0 saturated heterocycles. The molecule has 0 aliphatic carbocycles. The van der Waals surface area contributed by atoms with Crippen molar-refractivity contribution in [3.05, 3.63) is 59.9 Å². The monoisotopic (exact) mass is 297 g/mol. The third kappa shape index (κ3) is 3.91. The van der Waals surface area contributed by atoms with Crippen LogP contribution in [0.1, 0.15) is 29.8 Å². The quantitative estimate of drug-likeness (QED) is 0.608. The molecule has 1 aromatic carbocycles. The zero-order valence-corrected chi connectivity index (χ0v) is 12.8. The number of carbonyl (C=O) groups is 1. The standard InChI is InChI=1S/C17H19N3O2/c1-3-20(16-6-5-11-18-13-16)17(21)15-9-7-14(8-10-15)12-19-22-4-2/h5-13H,3-4H2,1-2H3. The van der Waals surface area contributed by atoms with Crippen LogP contribution in [0.25, 0.3) is 0 Å². The van der Waals surface area contributed by atoms with Crippen LogP contribution in [0.5, 0.6) is 0 Å². The van der Waals surface area contributed by atoms with Gasteiger partial charge >= 0.3 is 0 Å². The second-order valence-electron chi connectivity index (χ2n) is 4.53. The topological polar surface area (TPSA) is 54.8 Å². The third-order valence-corrected chi connectivity index (χ3v) is 3.08. The number of carbonyl (C=O) groups excluding carboxylic acids is 1. The summed E-state index contributed by atoms with van der Waals surface area (Å²) in [7, 11) is 0. The van der Waals surface area contributed by atoms with Crippen molar-refractivity contribution in [2.75, 3.05) is 18.1 Å². The summed E-state index contributed by atoms with van der Waals surface area (Å²) in [6, 6.07) is 10.9. The van der Waals surface area contributed by atoms with Gasteiger partial charge < -0.3 is 9.74 Å². The number of nitrogens with zero attached hydrogens (tertiary/aromatic N) is 3. The van der Waals surface area contributed by atoms with E-state index in [1.165, 1.54) is 0 Å². The van der Waals surface area contributed by atoms with E-state index in [1.54, 1.807) is 35.6 Å². The van der Waals surface area contributed by atoms with Gasteiger partial charge in [0.25, 0.3) is 5.91 Å². The van der Waals surface area contributed by atoms with Gasteiger partial charge in [-0.15, -0.1) is 0 Å². The number of hydrogen-bond acceptors (Lipinski definition) is 4. The minimum Gasteiger partial charge on any atom is -0.396 e. The highest BCUT2D eigenvalue weighted by molar-refractivity contribution is 6.06. The molecule has 5 heteroatoms. The van der Waals surface area contributed by atoms with Gasteiger partial charge in [0.1, 0.15) is 6.61 Å². The van der Waals surface area contributed by atoms with E-state index >= 15 is 0 Å². The van der Waals surface area contributed by atoms with E-state index in [2.05, 4.69) is 10.1 Å². The first-order valence-electron chi connectivity index (χ1n) is 7.23. The van der Waals surface area contributed by atoms with Crippen LogP contribution in [-0.2, 0) is 4.84 Å². The van der Waals surface area contributed by atoms with Crippen LogP contribution in [0, 0.1) is 0 Å². The number of anilines is 1. The maximum atomic E-state index is 12.6. The van der Waals surface area contributed by atoms with Gasteiger partial charge in [-0.25, -0.2) is 0 Å². The molecule has 1 amide bonds. The second kappa shape index (κ2) is 7.93. The van der Waals surface area contributed by atoms with Crippen molar-refractivity contribution < 1.29 is 9.63 Å². The van der Waals surface area contributed by atoms with E-state index in [9.17, 15) is 4.79 Å². The highest BCUT2D eigenvalue weighted by Gasteiger charge is 2.15. The average molecular weight is 297 g/mol. The van der Waals surface area contributed by atoms with Gasteiger partial charge in [0, 0.05) is 18.3 Å². The number of amides is 1. The van der Waals surface area contributed by atoms with Gasteiger partial charge in [-0.1, -0.05) is 17.3 Å². The maximum Gasteiger partial charge on any atom is 0.258 e.